The SMILES string of the molecule is CC(=O)N1CCCC(C)(N(C)O)c2cccc(F)c21. The van der Waals surface area contributed by atoms with E-state index in [0.717, 1.165) is 5.06 Å². The predicted octanol–water partition coefficient (Wildman–Crippen LogP) is 2.51. The molecular formula is C14H19FN2O2. The number of nitrogens with zero attached hydrogens (tertiary/aromatic N) is 2. The second-order valence-electron chi connectivity index (χ2n) is 5.21. The molecule has 0 fully saturated rings. The van der Waals surface area contributed by atoms with E-state index in [4.69, 9.17) is 0 Å². The molecule has 1 aliphatic heterocycles. The van der Waals surface area contributed by atoms with E-state index in [9.17, 15) is 14.4 Å². The number of carbonyl (C=O) groups excluding carboxylic acids is 1. The van der Waals surface area contributed by atoms with E-state index in [1.165, 1.54) is 17.9 Å². The zero-order valence-electron chi connectivity index (χ0n) is 11.5. The number of hydrogen-bond donors (Lipinski definition) is 1. The molecule has 1 aromatic carbocycles. The molecule has 1 aliphatic rings. The first-order valence-corrected chi connectivity index (χ1v) is 6.37. The molecule has 1 unspecified atom stereocenters. The summed E-state index contributed by atoms with van der Waals surface area (Å²) in [5, 5.41) is 11.0. The normalized spacial score (nSPS) is 23.2. The molecule has 0 spiro atoms. The van der Waals surface area contributed by atoms with Crippen LogP contribution >= 0.6 is 0 Å². The Labute approximate surface area is 112 Å². The lowest BCUT2D eigenvalue weighted by Crippen LogP contribution is -2.39. The topological polar surface area (TPSA) is 43.8 Å². The van der Waals surface area contributed by atoms with E-state index in [1.807, 2.05) is 6.92 Å². The molecule has 2 rings (SSSR count). The van der Waals surface area contributed by atoms with Gasteiger partial charge in [-0.15, -0.1) is 0 Å². The molecule has 0 bridgehead atoms. The van der Waals surface area contributed by atoms with Crippen molar-refractivity contribution in [1.82, 2.24) is 5.06 Å². The maximum Gasteiger partial charge on any atom is 0.223 e. The number of benzene rings is 1. The van der Waals surface area contributed by atoms with Crippen molar-refractivity contribution in [2.75, 3.05) is 18.5 Å². The quantitative estimate of drug-likeness (QED) is 0.794. The van der Waals surface area contributed by atoms with Crippen molar-refractivity contribution in [1.29, 1.82) is 0 Å². The lowest BCUT2D eigenvalue weighted by molar-refractivity contribution is -0.153. The highest BCUT2D eigenvalue weighted by Gasteiger charge is 2.38. The standard InChI is InChI=1S/C14H19FN2O2/c1-10(18)17-9-5-8-14(2,16(3)19)11-6-4-7-12(15)13(11)17/h4,6-7,19H,5,8-9H2,1-3H3. The third-order valence-corrected chi connectivity index (χ3v) is 3.98. The van der Waals surface area contributed by atoms with Gasteiger partial charge in [0.05, 0.1) is 11.2 Å². The Balaban J connectivity index is 2.67. The van der Waals surface area contributed by atoms with Crippen LogP contribution in [0.2, 0.25) is 0 Å². The van der Waals surface area contributed by atoms with Gasteiger partial charge in [0.2, 0.25) is 5.91 Å². The molecule has 5 heteroatoms. The highest BCUT2D eigenvalue weighted by molar-refractivity contribution is 5.93. The lowest BCUT2D eigenvalue weighted by Gasteiger charge is -2.35. The summed E-state index contributed by atoms with van der Waals surface area (Å²) in [5.41, 5.74) is 0.239. The van der Waals surface area contributed by atoms with Gasteiger partial charge >= 0.3 is 0 Å². The van der Waals surface area contributed by atoms with Crippen LogP contribution in [0.25, 0.3) is 0 Å². The van der Waals surface area contributed by atoms with Crippen LogP contribution < -0.4 is 4.90 Å². The van der Waals surface area contributed by atoms with Crippen molar-refractivity contribution in [3.05, 3.63) is 29.6 Å². The van der Waals surface area contributed by atoms with Gasteiger partial charge in [-0.05, 0) is 25.8 Å². The van der Waals surface area contributed by atoms with Crippen molar-refractivity contribution in [3.63, 3.8) is 0 Å². The van der Waals surface area contributed by atoms with Gasteiger partial charge in [0, 0.05) is 26.1 Å². The van der Waals surface area contributed by atoms with E-state index in [1.54, 1.807) is 19.2 Å². The summed E-state index contributed by atoms with van der Waals surface area (Å²) < 4.78 is 14.2. The molecule has 0 aliphatic carbocycles. The summed E-state index contributed by atoms with van der Waals surface area (Å²) in [6.45, 7) is 3.75. The van der Waals surface area contributed by atoms with E-state index in [2.05, 4.69) is 0 Å². The first kappa shape index (κ1) is 14.0. The fraction of sp³-hybridized carbons (Fsp3) is 0.500. The van der Waals surface area contributed by atoms with Crippen LogP contribution in [0, 0.1) is 5.82 Å². The zero-order chi connectivity index (χ0) is 14.2. The van der Waals surface area contributed by atoms with E-state index in [-0.39, 0.29) is 11.6 Å². The first-order valence-electron chi connectivity index (χ1n) is 6.37. The molecule has 0 saturated carbocycles. The van der Waals surface area contributed by atoms with Crippen LogP contribution in [0.5, 0.6) is 0 Å². The molecule has 1 heterocycles. The second-order valence-corrected chi connectivity index (χ2v) is 5.21. The summed E-state index contributed by atoms with van der Waals surface area (Å²) in [4.78, 5) is 13.2. The Hall–Kier alpha value is -1.46. The monoisotopic (exact) mass is 266 g/mol. The molecule has 0 radical (unpaired) electrons. The molecule has 104 valence electrons. The smallest absolute Gasteiger partial charge is 0.223 e. The van der Waals surface area contributed by atoms with Crippen molar-refractivity contribution in [2.24, 2.45) is 0 Å². The maximum atomic E-state index is 14.2. The first-order chi connectivity index (χ1) is 8.88. The van der Waals surface area contributed by atoms with Gasteiger partial charge in [-0.3, -0.25) is 4.79 Å². The molecule has 1 N–H and O–H groups in total. The number of anilines is 1. The van der Waals surface area contributed by atoms with Crippen LogP contribution in [0.4, 0.5) is 10.1 Å². The Morgan fingerprint density at radius 3 is 2.79 bits per heavy atom. The number of hydroxylamine groups is 2. The van der Waals surface area contributed by atoms with Crippen LogP contribution in [-0.4, -0.2) is 29.8 Å². The van der Waals surface area contributed by atoms with E-state index < -0.39 is 11.4 Å². The number of para-hydroxylation sites is 1. The summed E-state index contributed by atoms with van der Waals surface area (Å²) in [7, 11) is 1.55. The van der Waals surface area contributed by atoms with E-state index in [0.29, 0.717) is 24.9 Å². The van der Waals surface area contributed by atoms with Gasteiger partial charge in [0.25, 0.3) is 0 Å². The molecule has 19 heavy (non-hydrogen) atoms. The van der Waals surface area contributed by atoms with Crippen LogP contribution in [-0.2, 0) is 10.3 Å². The van der Waals surface area contributed by atoms with Gasteiger partial charge in [0.15, 0.2) is 0 Å². The summed E-state index contributed by atoms with van der Waals surface area (Å²) in [6.07, 6.45) is 1.36. The number of carbonyl (C=O) groups is 1. The maximum absolute atomic E-state index is 14.2. The second kappa shape index (κ2) is 4.90. The van der Waals surface area contributed by atoms with Crippen LogP contribution in [0.15, 0.2) is 18.2 Å². The van der Waals surface area contributed by atoms with Crippen molar-refractivity contribution >= 4 is 11.6 Å². The van der Waals surface area contributed by atoms with Gasteiger partial charge in [-0.2, -0.15) is 5.06 Å². The van der Waals surface area contributed by atoms with Gasteiger partial charge < -0.3 is 10.1 Å². The van der Waals surface area contributed by atoms with Crippen molar-refractivity contribution in [3.8, 4) is 0 Å². The number of fused-ring (bicyclic) bond motifs is 1. The number of rotatable bonds is 1. The van der Waals surface area contributed by atoms with Crippen LogP contribution in [0.1, 0.15) is 32.3 Å². The molecule has 1 aromatic rings. The largest absolute Gasteiger partial charge is 0.313 e. The van der Waals surface area contributed by atoms with Gasteiger partial charge in [0.1, 0.15) is 5.82 Å². The number of halogens is 1. The van der Waals surface area contributed by atoms with Crippen molar-refractivity contribution in [2.45, 2.75) is 32.2 Å². The molecule has 1 amide bonds. The fourth-order valence-electron chi connectivity index (χ4n) is 2.70. The average Bonchev–Trinajstić information content (AvgIpc) is 2.49. The van der Waals surface area contributed by atoms with Crippen LogP contribution in [0.3, 0.4) is 0 Å². The predicted molar refractivity (Wildman–Crippen MR) is 70.6 cm³/mol. The Morgan fingerprint density at radius 1 is 1.53 bits per heavy atom. The molecular weight excluding hydrogens is 247 g/mol. The minimum Gasteiger partial charge on any atom is -0.313 e. The molecule has 1 atom stereocenters. The number of amides is 1. The third-order valence-electron chi connectivity index (χ3n) is 3.98. The Kier molecular flexibility index (Phi) is 3.60. The Bertz CT molecular complexity index is 504. The highest BCUT2D eigenvalue weighted by Crippen LogP contribution is 2.41. The zero-order valence-corrected chi connectivity index (χ0v) is 11.5. The number of hydrogen-bond acceptors (Lipinski definition) is 3. The molecule has 0 saturated heterocycles. The Morgan fingerprint density at radius 2 is 2.21 bits per heavy atom. The average molecular weight is 266 g/mol. The third kappa shape index (κ3) is 2.24. The van der Waals surface area contributed by atoms with Crippen molar-refractivity contribution < 1.29 is 14.4 Å². The fourth-order valence-corrected chi connectivity index (χ4v) is 2.70. The highest BCUT2D eigenvalue weighted by atomic mass is 19.1. The molecule has 0 aromatic heterocycles. The summed E-state index contributed by atoms with van der Waals surface area (Å²) in [6, 6.07) is 4.73. The minimum absolute atomic E-state index is 0.184. The molecule has 4 nitrogen and oxygen atoms in total. The minimum atomic E-state index is -0.693. The summed E-state index contributed by atoms with van der Waals surface area (Å²) >= 11 is 0. The lowest BCUT2D eigenvalue weighted by atomic mass is 9.87. The van der Waals surface area contributed by atoms with Gasteiger partial charge in [-0.25, -0.2) is 4.39 Å². The van der Waals surface area contributed by atoms with Gasteiger partial charge in [-0.1, -0.05) is 12.1 Å². The van der Waals surface area contributed by atoms with E-state index >= 15 is 0 Å². The summed E-state index contributed by atoms with van der Waals surface area (Å²) in [5.74, 6) is -0.612.